The van der Waals surface area contributed by atoms with E-state index in [0.717, 1.165) is 11.1 Å². The number of hydrogen-bond acceptors (Lipinski definition) is 4. The molecule has 0 bridgehead atoms. The van der Waals surface area contributed by atoms with E-state index >= 15 is 0 Å². The van der Waals surface area contributed by atoms with Crippen LogP contribution in [0.5, 0.6) is 5.75 Å². The molecule has 0 saturated carbocycles. The molecule has 0 spiro atoms. The molecule has 2 N–H and O–H groups in total. The van der Waals surface area contributed by atoms with Gasteiger partial charge in [-0.25, -0.2) is 0 Å². The monoisotopic (exact) mass is 402 g/mol. The number of halogens is 1. The number of rotatable bonds is 8. The molecule has 0 saturated heterocycles. The van der Waals surface area contributed by atoms with E-state index < -0.39 is 12.3 Å². The van der Waals surface area contributed by atoms with Gasteiger partial charge < -0.3 is 19.7 Å². The van der Waals surface area contributed by atoms with Crippen LogP contribution in [0.3, 0.4) is 0 Å². The Morgan fingerprint density at radius 3 is 2.54 bits per heavy atom. The normalized spacial score (nSPS) is 19.8. The van der Waals surface area contributed by atoms with Gasteiger partial charge in [0, 0.05) is 30.1 Å². The van der Waals surface area contributed by atoms with Crippen LogP contribution in [0.15, 0.2) is 60.7 Å². The second-order valence-corrected chi connectivity index (χ2v) is 7.06. The number of hydrogen-bond donors (Lipinski definition) is 2. The van der Waals surface area contributed by atoms with E-state index in [1.807, 2.05) is 54.6 Å². The number of aliphatic hydroxyl groups is 1. The Hall–Kier alpha value is -2.34. The van der Waals surface area contributed by atoms with Crippen LogP contribution in [0.1, 0.15) is 42.8 Å². The van der Waals surface area contributed by atoms with Gasteiger partial charge in [0.2, 0.25) is 6.29 Å². The highest BCUT2D eigenvalue weighted by molar-refractivity contribution is 6.31. The summed E-state index contributed by atoms with van der Waals surface area (Å²) in [6, 6.07) is 15.0. The van der Waals surface area contributed by atoms with E-state index in [1.165, 1.54) is 0 Å². The molecule has 6 heteroatoms. The lowest BCUT2D eigenvalue weighted by Crippen LogP contribution is -2.28. The van der Waals surface area contributed by atoms with Gasteiger partial charge in [-0.15, -0.1) is 0 Å². The number of carboxylic acid groups (broad SMARTS) is 1. The molecule has 148 valence electrons. The maximum absolute atomic E-state index is 10.6. The van der Waals surface area contributed by atoms with E-state index in [1.54, 1.807) is 6.07 Å². The highest BCUT2D eigenvalue weighted by atomic mass is 35.5. The van der Waals surface area contributed by atoms with Crippen molar-refractivity contribution in [3.8, 4) is 5.75 Å². The summed E-state index contributed by atoms with van der Waals surface area (Å²) in [5.74, 6) is -0.319. The average Bonchev–Trinajstić information content (AvgIpc) is 2.70. The highest BCUT2D eigenvalue weighted by Crippen LogP contribution is 2.45. The molecule has 0 radical (unpaired) electrons. The first kappa shape index (κ1) is 20.4. The summed E-state index contributed by atoms with van der Waals surface area (Å²) in [5.41, 5.74) is 1.61. The first-order chi connectivity index (χ1) is 13.6. The summed E-state index contributed by atoms with van der Waals surface area (Å²) in [4.78, 5) is 10.6. The van der Waals surface area contributed by atoms with Crippen molar-refractivity contribution in [3.05, 3.63) is 76.8 Å². The van der Waals surface area contributed by atoms with Crippen LogP contribution < -0.4 is 4.74 Å². The number of allylic oxidation sites excluding steroid dienone is 2. The maximum atomic E-state index is 10.6. The topological polar surface area (TPSA) is 76.0 Å². The summed E-state index contributed by atoms with van der Waals surface area (Å²) >= 11 is 6.32. The van der Waals surface area contributed by atoms with E-state index in [2.05, 4.69) is 0 Å². The Labute approximate surface area is 169 Å². The summed E-state index contributed by atoms with van der Waals surface area (Å²) in [6.45, 7) is -0.0719. The molecule has 0 fully saturated rings. The number of carboxylic acids is 1. The van der Waals surface area contributed by atoms with Crippen molar-refractivity contribution in [2.24, 2.45) is 5.92 Å². The van der Waals surface area contributed by atoms with Crippen LogP contribution in [0.25, 0.3) is 0 Å². The van der Waals surface area contributed by atoms with Crippen molar-refractivity contribution in [3.63, 3.8) is 0 Å². The Morgan fingerprint density at radius 2 is 1.82 bits per heavy atom. The molecule has 2 aromatic carbocycles. The van der Waals surface area contributed by atoms with Gasteiger partial charge in [-0.1, -0.05) is 60.2 Å². The standard InChI is InChI=1S/C22H23ClO5/c23-18-11-6-4-9-16(18)22-27-19-12-7-5-10-17(19)21(28-22)15(14-24)8-2-1-3-13-20(25)26/h1-2,4-7,9-12,15,21-22,24H,3,8,13-14H2,(H,25,26)/b2-1-. The van der Waals surface area contributed by atoms with Gasteiger partial charge in [0.25, 0.3) is 0 Å². The Morgan fingerprint density at radius 1 is 1.11 bits per heavy atom. The zero-order chi connectivity index (χ0) is 19.9. The van der Waals surface area contributed by atoms with Crippen LogP contribution in [0.4, 0.5) is 0 Å². The molecule has 3 rings (SSSR count). The van der Waals surface area contributed by atoms with Crippen molar-refractivity contribution in [1.29, 1.82) is 0 Å². The number of para-hydroxylation sites is 1. The largest absolute Gasteiger partial charge is 0.481 e. The highest BCUT2D eigenvalue weighted by Gasteiger charge is 2.35. The first-order valence-corrected chi connectivity index (χ1v) is 9.61. The van der Waals surface area contributed by atoms with Crippen molar-refractivity contribution >= 4 is 17.6 Å². The summed E-state index contributed by atoms with van der Waals surface area (Å²) in [7, 11) is 0. The molecular formula is C22H23ClO5. The number of fused-ring (bicyclic) bond motifs is 1. The third-order valence-corrected chi connectivity index (χ3v) is 5.03. The summed E-state index contributed by atoms with van der Waals surface area (Å²) in [5, 5.41) is 19.3. The molecule has 2 aromatic rings. The van der Waals surface area contributed by atoms with Gasteiger partial charge in [-0.3, -0.25) is 4.79 Å². The molecule has 1 aliphatic rings. The van der Waals surface area contributed by atoms with Crippen LogP contribution in [-0.4, -0.2) is 22.8 Å². The molecule has 28 heavy (non-hydrogen) atoms. The fraction of sp³-hybridized carbons (Fsp3) is 0.318. The Kier molecular flexibility index (Phi) is 7.09. The number of benzene rings is 2. The quantitative estimate of drug-likeness (QED) is 0.613. The molecule has 5 nitrogen and oxygen atoms in total. The lowest BCUT2D eigenvalue weighted by atomic mass is 9.91. The van der Waals surface area contributed by atoms with Gasteiger partial charge in [-0.05, 0) is 25.0 Å². The molecule has 1 aliphatic heterocycles. The summed E-state index contributed by atoms with van der Waals surface area (Å²) < 4.78 is 12.3. The van der Waals surface area contributed by atoms with Gasteiger partial charge in [0.05, 0.1) is 11.1 Å². The SMILES string of the molecule is O=C(O)CC/C=C\CC(CO)C1OC(c2ccccc2Cl)Oc2ccccc21. The molecule has 0 aliphatic carbocycles. The van der Waals surface area contributed by atoms with Crippen molar-refractivity contribution < 1.29 is 24.5 Å². The van der Waals surface area contributed by atoms with E-state index in [0.29, 0.717) is 23.6 Å². The van der Waals surface area contributed by atoms with Crippen molar-refractivity contribution in [2.45, 2.75) is 31.7 Å². The van der Waals surface area contributed by atoms with E-state index in [-0.39, 0.29) is 25.0 Å². The fourth-order valence-electron chi connectivity index (χ4n) is 3.23. The van der Waals surface area contributed by atoms with Crippen molar-refractivity contribution in [1.82, 2.24) is 0 Å². The zero-order valence-corrected chi connectivity index (χ0v) is 16.1. The number of aliphatic hydroxyl groups excluding tert-OH is 1. The molecule has 3 atom stereocenters. The predicted octanol–water partition coefficient (Wildman–Crippen LogP) is 4.91. The number of carbonyl (C=O) groups is 1. The fourth-order valence-corrected chi connectivity index (χ4v) is 3.45. The average molecular weight is 403 g/mol. The second kappa shape index (κ2) is 9.73. The number of aliphatic carboxylic acids is 1. The number of ether oxygens (including phenoxy) is 2. The molecule has 1 heterocycles. The Bertz CT molecular complexity index is 835. The predicted molar refractivity (Wildman–Crippen MR) is 106 cm³/mol. The molecular weight excluding hydrogens is 380 g/mol. The van der Waals surface area contributed by atoms with E-state index in [4.69, 9.17) is 26.2 Å². The minimum absolute atomic E-state index is 0.0719. The second-order valence-electron chi connectivity index (χ2n) is 6.65. The van der Waals surface area contributed by atoms with Crippen LogP contribution >= 0.6 is 11.6 Å². The van der Waals surface area contributed by atoms with Crippen LogP contribution in [0, 0.1) is 5.92 Å². The van der Waals surface area contributed by atoms with Gasteiger partial charge >= 0.3 is 5.97 Å². The maximum Gasteiger partial charge on any atom is 0.303 e. The van der Waals surface area contributed by atoms with Crippen LogP contribution in [0.2, 0.25) is 5.02 Å². The third kappa shape index (κ3) is 4.93. The first-order valence-electron chi connectivity index (χ1n) is 9.23. The summed E-state index contributed by atoms with van der Waals surface area (Å²) in [6.07, 6.45) is 3.79. The lowest BCUT2D eigenvalue weighted by Gasteiger charge is -2.36. The lowest BCUT2D eigenvalue weighted by molar-refractivity contribution is -0.165. The Balaban J connectivity index is 1.81. The minimum Gasteiger partial charge on any atom is -0.481 e. The minimum atomic E-state index is -0.826. The van der Waals surface area contributed by atoms with Crippen LogP contribution in [-0.2, 0) is 9.53 Å². The zero-order valence-electron chi connectivity index (χ0n) is 15.3. The van der Waals surface area contributed by atoms with E-state index in [9.17, 15) is 9.90 Å². The molecule has 3 unspecified atom stereocenters. The third-order valence-electron chi connectivity index (χ3n) is 4.68. The smallest absolute Gasteiger partial charge is 0.303 e. The molecule has 0 aromatic heterocycles. The van der Waals surface area contributed by atoms with Crippen molar-refractivity contribution in [2.75, 3.05) is 6.61 Å². The van der Waals surface area contributed by atoms with Gasteiger partial charge in [0.15, 0.2) is 0 Å². The molecule has 0 amide bonds. The van der Waals surface area contributed by atoms with Gasteiger partial charge in [0.1, 0.15) is 5.75 Å². The van der Waals surface area contributed by atoms with Gasteiger partial charge in [-0.2, -0.15) is 0 Å².